The van der Waals surface area contributed by atoms with Crippen molar-refractivity contribution in [1.29, 1.82) is 0 Å². The van der Waals surface area contributed by atoms with Crippen LogP contribution in [0.5, 0.6) is 0 Å². The van der Waals surface area contributed by atoms with E-state index in [-0.39, 0.29) is 18.0 Å². The highest BCUT2D eigenvalue weighted by atomic mass is 79.9. The van der Waals surface area contributed by atoms with E-state index in [1.165, 1.54) is 0 Å². The van der Waals surface area contributed by atoms with Gasteiger partial charge in [0.1, 0.15) is 6.17 Å². The molecule has 0 aromatic heterocycles. The van der Waals surface area contributed by atoms with Crippen LogP contribution < -0.4 is 10.2 Å². The topological polar surface area (TPSA) is 52.7 Å². The molecule has 134 valence electrons. The highest BCUT2D eigenvalue weighted by molar-refractivity contribution is 9.10. The zero-order valence-electron chi connectivity index (χ0n) is 14.5. The second kappa shape index (κ2) is 6.76. The first kappa shape index (κ1) is 17.1. The Morgan fingerprint density at radius 1 is 1.19 bits per heavy atom. The molecule has 2 aromatic carbocycles. The molecule has 1 saturated heterocycles. The Morgan fingerprint density at radius 3 is 2.85 bits per heavy atom. The van der Waals surface area contributed by atoms with Crippen LogP contribution in [0.2, 0.25) is 0 Å². The molecule has 0 spiro atoms. The van der Waals surface area contributed by atoms with Crippen LogP contribution in [-0.4, -0.2) is 36.5 Å². The number of fused-ring (bicyclic) bond motifs is 2. The molecule has 0 saturated carbocycles. The van der Waals surface area contributed by atoms with Crippen molar-refractivity contribution in [3.05, 3.63) is 58.1 Å². The van der Waals surface area contributed by atoms with E-state index in [1.807, 2.05) is 42.3 Å². The first-order chi connectivity index (χ1) is 12.5. The van der Waals surface area contributed by atoms with E-state index >= 15 is 0 Å². The van der Waals surface area contributed by atoms with Crippen LogP contribution in [0.25, 0.3) is 0 Å². The third-order valence-electron chi connectivity index (χ3n) is 5.13. The van der Waals surface area contributed by atoms with Crippen molar-refractivity contribution in [2.45, 2.75) is 25.4 Å². The summed E-state index contributed by atoms with van der Waals surface area (Å²) < 4.78 is 0.906. The van der Waals surface area contributed by atoms with E-state index in [1.54, 1.807) is 12.1 Å². The summed E-state index contributed by atoms with van der Waals surface area (Å²) in [5, 5.41) is 2.91. The molecule has 1 atom stereocenters. The lowest BCUT2D eigenvalue weighted by atomic mass is 9.97. The summed E-state index contributed by atoms with van der Waals surface area (Å²) in [6.07, 6.45) is 3.23. The van der Waals surface area contributed by atoms with Gasteiger partial charge in [-0.25, -0.2) is 0 Å². The van der Waals surface area contributed by atoms with Crippen molar-refractivity contribution >= 4 is 39.1 Å². The number of carbonyl (C=O) groups excluding carboxylic acids is 2. The molecule has 2 amide bonds. The lowest BCUT2D eigenvalue weighted by Crippen LogP contribution is -2.55. The number of halogens is 1. The second-order valence-corrected chi connectivity index (χ2v) is 7.70. The van der Waals surface area contributed by atoms with Gasteiger partial charge in [-0.15, -0.1) is 0 Å². The van der Waals surface area contributed by atoms with Crippen LogP contribution >= 0.6 is 15.9 Å². The SMILES string of the molecule is CN1c2cc(C(=O)Nc3cccc(Br)c3)ccc2C(=O)N2CCCC[C@H]21. The van der Waals surface area contributed by atoms with Gasteiger partial charge >= 0.3 is 0 Å². The standard InChI is InChI=1S/C20H20BrN3O2/c1-23-17-11-13(19(25)22-15-6-4-5-14(21)12-15)8-9-16(17)20(26)24-10-3-2-7-18(23)24/h4-6,8-9,11-12,18H,2-3,7,10H2,1H3,(H,22,25)/t18-/m0/s1. The summed E-state index contributed by atoms with van der Waals surface area (Å²) in [6, 6.07) is 12.8. The molecule has 26 heavy (non-hydrogen) atoms. The lowest BCUT2D eigenvalue weighted by Gasteiger charge is -2.46. The molecule has 2 aliphatic rings. The fourth-order valence-electron chi connectivity index (χ4n) is 3.78. The molecule has 6 heteroatoms. The van der Waals surface area contributed by atoms with Gasteiger partial charge in [0.15, 0.2) is 0 Å². The number of hydrogen-bond donors (Lipinski definition) is 1. The van der Waals surface area contributed by atoms with E-state index in [0.29, 0.717) is 11.1 Å². The van der Waals surface area contributed by atoms with Crippen LogP contribution in [0.15, 0.2) is 46.9 Å². The monoisotopic (exact) mass is 413 g/mol. The van der Waals surface area contributed by atoms with Gasteiger partial charge in [0.25, 0.3) is 11.8 Å². The summed E-state index contributed by atoms with van der Waals surface area (Å²) in [7, 11) is 2.00. The van der Waals surface area contributed by atoms with E-state index < -0.39 is 0 Å². The van der Waals surface area contributed by atoms with Crippen molar-refractivity contribution < 1.29 is 9.59 Å². The molecular formula is C20H20BrN3O2. The molecule has 2 heterocycles. The maximum Gasteiger partial charge on any atom is 0.257 e. The molecular weight excluding hydrogens is 394 g/mol. The zero-order valence-corrected chi connectivity index (χ0v) is 16.1. The number of anilines is 2. The quantitative estimate of drug-likeness (QED) is 0.805. The van der Waals surface area contributed by atoms with E-state index in [2.05, 4.69) is 26.1 Å². The molecule has 2 aromatic rings. The third-order valence-corrected chi connectivity index (χ3v) is 5.63. The van der Waals surface area contributed by atoms with Crippen LogP contribution in [0, 0.1) is 0 Å². The van der Waals surface area contributed by atoms with Crippen molar-refractivity contribution in [2.75, 3.05) is 23.8 Å². The lowest BCUT2D eigenvalue weighted by molar-refractivity contribution is 0.0589. The number of rotatable bonds is 2. The second-order valence-electron chi connectivity index (χ2n) is 6.78. The molecule has 0 radical (unpaired) electrons. The fourth-order valence-corrected chi connectivity index (χ4v) is 4.18. The maximum absolute atomic E-state index is 12.8. The predicted molar refractivity (Wildman–Crippen MR) is 106 cm³/mol. The van der Waals surface area contributed by atoms with Gasteiger partial charge in [-0.2, -0.15) is 0 Å². The average molecular weight is 414 g/mol. The van der Waals surface area contributed by atoms with E-state index in [4.69, 9.17) is 0 Å². The molecule has 4 rings (SSSR count). The van der Waals surface area contributed by atoms with Crippen molar-refractivity contribution in [2.24, 2.45) is 0 Å². The Labute approximate surface area is 161 Å². The smallest absolute Gasteiger partial charge is 0.257 e. The fraction of sp³-hybridized carbons (Fsp3) is 0.300. The number of piperidine rings is 1. The van der Waals surface area contributed by atoms with E-state index in [9.17, 15) is 9.59 Å². The van der Waals surface area contributed by atoms with Crippen LogP contribution in [0.4, 0.5) is 11.4 Å². The van der Waals surface area contributed by atoms with E-state index in [0.717, 1.165) is 41.7 Å². The van der Waals surface area contributed by atoms with Gasteiger partial charge < -0.3 is 15.1 Å². The number of nitrogens with one attached hydrogen (secondary N) is 1. The third kappa shape index (κ3) is 2.98. The predicted octanol–water partition coefficient (Wildman–Crippen LogP) is 4.10. The molecule has 0 aliphatic carbocycles. The average Bonchev–Trinajstić information content (AvgIpc) is 2.65. The summed E-state index contributed by atoms with van der Waals surface area (Å²) >= 11 is 3.40. The van der Waals surface area contributed by atoms with Gasteiger partial charge in [0, 0.05) is 29.3 Å². The Hall–Kier alpha value is -2.34. The van der Waals surface area contributed by atoms with Crippen molar-refractivity contribution in [3.63, 3.8) is 0 Å². The number of nitrogens with zero attached hydrogens (tertiary/aromatic N) is 2. The Morgan fingerprint density at radius 2 is 2.04 bits per heavy atom. The summed E-state index contributed by atoms with van der Waals surface area (Å²) in [5.41, 5.74) is 2.78. The van der Waals surface area contributed by atoms with Gasteiger partial charge in [-0.3, -0.25) is 9.59 Å². The van der Waals surface area contributed by atoms with Crippen LogP contribution in [-0.2, 0) is 0 Å². The Kier molecular flexibility index (Phi) is 4.44. The first-order valence-electron chi connectivity index (χ1n) is 8.79. The molecule has 1 fully saturated rings. The Balaban J connectivity index is 1.63. The van der Waals surface area contributed by atoms with Crippen molar-refractivity contribution in [3.8, 4) is 0 Å². The number of hydrogen-bond acceptors (Lipinski definition) is 3. The first-order valence-corrected chi connectivity index (χ1v) is 9.58. The summed E-state index contributed by atoms with van der Waals surface area (Å²) in [6.45, 7) is 0.804. The number of amides is 2. The number of carbonyl (C=O) groups is 2. The van der Waals surface area contributed by atoms with Gasteiger partial charge in [-0.05, 0) is 55.7 Å². The van der Waals surface area contributed by atoms with Crippen LogP contribution in [0.3, 0.4) is 0 Å². The highest BCUT2D eigenvalue weighted by Gasteiger charge is 2.37. The largest absolute Gasteiger partial charge is 0.354 e. The normalized spacial score (nSPS) is 19.0. The molecule has 2 aliphatic heterocycles. The van der Waals surface area contributed by atoms with Gasteiger partial charge in [0.05, 0.1) is 11.3 Å². The minimum Gasteiger partial charge on any atom is -0.354 e. The maximum atomic E-state index is 12.8. The van der Waals surface area contributed by atoms with Crippen LogP contribution in [0.1, 0.15) is 40.0 Å². The molecule has 0 bridgehead atoms. The minimum atomic E-state index is -0.183. The highest BCUT2D eigenvalue weighted by Crippen LogP contribution is 2.35. The molecule has 1 N–H and O–H groups in total. The minimum absolute atomic E-state index is 0.0711. The number of benzene rings is 2. The van der Waals surface area contributed by atoms with Gasteiger partial charge in [-0.1, -0.05) is 22.0 Å². The summed E-state index contributed by atoms with van der Waals surface area (Å²) in [4.78, 5) is 29.5. The molecule has 0 unspecified atom stereocenters. The summed E-state index contributed by atoms with van der Waals surface area (Å²) in [5.74, 6) is -0.112. The zero-order chi connectivity index (χ0) is 18.3. The Bertz CT molecular complexity index is 883. The molecule has 5 nitrogen and oxygen atoms in total. The van der Waals surface area contributed by atoms with Crippen molar-refractivity contribution in [1.82, 2.24) is 4.90 Å². The van der Waals surface area contributed by atoms with Gasteiger partial charge in [0.2, 0.25) is 0 Å².